The van der Waals surface area contributed by atoms with Gasteiger partial charge in [-0.3, -0.25) is 4.68 Å². The van der Waals surface area contributed by atoms with Crippen molar-refractivity contribution in [3.63, 3.8) is 0 Å². The summed E-state index contributed by atoms with van der Waals surface area (Å²) >= 11 is 1.75. The molecule has 2 N–H and O–H groups in total. The molecule has 0 saturated carbocycles. The summed E-state index contributed by atoms with van der Waals surface area (Å²) in [6.07, 6.45) is 2.08. The van der Waals surface area contributed by atoms with Crippen molar-refractivity contribution in [3.05, 3.63) is 41.2 Å². The second kappa shape index (κ2) is 4.84. The normalized spacial score (nSPS) is 10.8. The van der Waals surface area contributed by atoms with Gasteiger partial charge in [-0.25, -0.2) is 0 Å². The van der Waals surface area contributed by atoms with Crippen molar-refractivity contribution < 1.29 is 0 Å². The van der Waals surface area contributed by atoms with Crippen LogP contribution in [0.25, 0.3) is 0 Å². The van der Waals surface area contributed by atoms with E-state index in [0.29, 0.717) is 0 Å². The minimum Gasteiger partial charge on any atom is -0.396 e. The molecule has 0 aliphatic heterocycles. The first-order chi connectivity index (χ1) is 8.11. The number of aryl methyl sites for hydroxylation is 1. The van der Waals surface area contributed by atoms with Gasteiger partial charge in [-0.05, 0) is 37.8 Å². The van der Waals surface area contributed by atoms with Gasteiger partial charge in [-0.2, -0.15) is 5.10 Å². The Morgan fingerprint density at radius 3 is 2.35 bits per heavy atom. The molecule has 0 unspecified atom stereocenters. The van der Waals surface area contributed by atoms with Crippen molar-refractivity contribution in [2.45, 2.75) is 25.3 Å². The number of benzene rings is 1. The zero-order valence-electron chi connectivity index (χ0n) is 10.4. The fourth-order valence-electron chi connectivity index (χ4n) is 1.77. The molecule has 2 aromatic rings. The third kappa shape index (κ3) is 2.47. The van der Waals surface area contributed by atoms with Gasteiger partial charge in [0, 0.05) is 4.90 Å². The van der Waals surface area contributed by atoms with Crippen LogP contribution in [0.15, 0.2) is 29.2 Å². The third-order valence-corrected chi connectivity index (χ3v) is 3.67. The van der Waals surface area contributed by atoms with Crippen LogP contribution in [0.4, 0.5) is 5.69 Å². The highest BCUT2D eigenvalue weighted by Crippen LogP contribution is 2.18. The molecule has 17 heavy (non-hydrogen) atoms. The Bertz CT molecular complexity index is 514. The van der Waals surface area contributed by atoms with Crippen LogP contribution >= 0.6 is 11.8 Å². The molecule has 1 aromatic carbocycles. The van der Waals surface area contributed by atoms with E-state index < -0.39 is 0 Å². The SMILES string of the molecule is CSc1ccc(Cn2nc(C)c(N)c2C)cc1. The van der Waals surface area contributed by atoms with Crippen LogP contribution in [0.5, 0.6) is 0 Å². The maximum atomic E-state index is 5.92. The Balaban J connectivity index is 2.22. The Kier molecular flexibility index (Phi) is 3.43. The third-order valence-electron chi connectivity index (χ3n) is 2.93. The van der Waals surface area contributed by atoms with E-state index in [1.54, 1.807) is 11.8 Å². The van der Waals surface area contributed by atoms with Gasteiger partial charge in [0.1, 0.15) is 0 Å². The summed E-state index contributed by atoms with van der Waals surface area (Å²) in [5.74, 6) is 0. The van der Waals surface area contributed by atoms with Gasteiger partial charge in [0.15, 0.2) is 0 Å². The van der Waals surface area contributed by atoms with Gasteiger partial charge >= 0.3 is 0 Å². The molecule has 0 saturated heterocycles. The second-order valence-electron chi connectivity index (χ2n) is 4.09. The summed E-state index contributed by atoms with van der Waals surface area (Å²) in [5, 5.41) is 4.43. The molecule has 0 aliphatic rings. The largest absolute Gasteiger partial charge is 0.396 e. The van der Waals surface area contributed by atoms with Crippen LogP contribution in [-0.4, -0.2) is 16.0 Å². The van der Waals surface area contributed by atoms with Crippen LogP contribution in [0.2, 0.25) is 0 Å². The number of aromatic nitrogens is 2. The Labute approximate surface area is 106 Å². The molecule has 0 aliphatic carbocycles. The number of anilines is 1. The van der Waals surface area contributed by atoms with Crippen LogP contribution < -0.4 is 5.73 Å². The zero-order chi connectivity index (χ0) is 12.4. The Hall–Kier alpha value is -1.42. The average molecular weight is 247 g/mol. The van der Waals surface area contributed by atoms with Crippen molar-refractivity contribution in [3.8, 4) is 0 Å². The monoisotopic (exact) mass is 247 g/mol. The van der Waals surface area contributed by atoms with E-state index in [9.17, 15) is 0 Å². The molecular formula is C13H17N3S. The molecule has 0 radical (unpaired) electrons. The fourth-order valence-corrected chi connectivity index (χ4v) is 2.18. The van der Waals surface area contributed by atoms with Crippen LogP contribution in [0.3, 0.4) is 0 Å². The van der Waals surface area contributed by atoms with E-state index >= 15 is 0 Å². The predicted octanol–water partition coefficient (Wildman–Crippen LogP) is 2.85. The molecular weight excluding hydrogens is 230 g/mol. The minimum absolute atomic E-state index is 0.776. The van der Waals surface area contributed by atoms with Gasteiger partial charge in [0.05, 0.1) is 23.6 Å². The smallest absolute Gasteiger partial charge is 0.0826 e. The first kappa shape index (κ1) is 12.0. The summed E-state index contributed by atoms with van der Waals surface area (Å²) in [7, 11) is 0. The number of hydrogen-bond donors (Lipinski definition) is 1. The average Bonchev–Trinajstić information content (AvgIpc) is 2.58. The summed E-state index contributed by atoms with van der Waals surface area (Å²) in [6, 6.07) is 8.54. The van der Waals surface area contributed by atoms with Crippen molar-refractivity contribution in [1.29, 1.82) is 0 Å². The molecule has 3 nitrogen and oxygen atoms in total. The second-order valence-corrected chi connectivity index (χ2v) is 4.97. The standard InChI is InChI=1S/C13H17N3S/c1-9-13(14)10(2)16(15-9)8-11-4-6-12(17-3)7-5-11/h4-7H,8,14H2,1-3H3. The zero-order valence-corrected chi connectivity index (χ0v) is 11.2. The number of rotatable bonds is 3. The van der Waals surface area contributed by atoms with E-state index in [1.807, 2.05) is 18.5 Å². The summed E-state index contributed by atoms with van der Waals surface area (Å²) in [5.41, 5.74) is 9.90. The van der Waals surface area contributed by atoms with Crippen molar-refractivity contribution in [2.75, 3.05) is 12.0 Å². The van der Waals surface area contributed by atoms with E-state index in [1.165, 1.54) is 10.5 Å². The lowest BCUT2D eigenvalue weighted by molar-refractivity contribution is 0.659. The molecule has 0 atom stereocenters. The summed E-state index contributed by atoms with van der Waals surface area (Å²) in [4.78, 5) is 1.28. The van der Waals surface area contributed by atoms with Gasteiger partial charge < -0.3 is 5.73 Å². The first-order valence-corrected chi connectivity index (χ1v) is 6.76. The van der Waals surface area contributed by atoms with Crippen LogP contribution in [0.1, 0.15) is 17.0 Å². The maximum Gasteiger partial charge on any atom is 0.0826 e. The molecule has 1 aromatic heterocycles. The van der Waals surface area contributed by atoms with Crippen LogP contribution in [-0.2, 0) is 6.54 Å². The van der Waals surface area contributed by atoms with Crippen molar-refractivity contribution in [1.82, 2.24) is 9.78 Å². The molecule has 2 rings (SSSR count). The lowest BCUT2D eigenvalue weighted by Gasteiger charge is -2.05. The Morgan fingerprint density at radius 1 is 1.24 bits per heavy atom. The molecule has 0 amide bonds. The minimum atomic E-state index is 0.776. The first-order valence-electron chi connectivity index (χ1n) is 5.54. The maximum absolute atomic E-state index is 5.92. The quantitative estimate of drug-likeness (QED) is 0.848. The topological polar surface area (TPSA) is 43.8 Å². The number of hydrogen-bond acceptors (Lipinski definition) is 3. The van der Waals surface area contributed by atoms with Gasteiger partial charge in [0.2, 0.25) is 0 Å². The molecule has 0 fully saturated rings. The van der Waals surface area contributed by atoms with Gasteiger partial charge in [-0.15, -0.1) is 11.8 Å². The molecule has 4 heteroatoms. The van der Waals surface area contributed by atoms with E-state index in [0.717, 1.165) is 23.6 Å². The van der Waals surface area contributed by atoms with E-state index in [4.69, 9.17) is 5.73 Å². The Morgan fingerprint density at radius 2 is 1.88 bits per heavy atom. The highest BCUT2D eigenvalue weighted by atomic mass is 32.2. The van der Waals surface area contributed by atoms with Crippen molar-refractivity contribution in [2.24, 2.45) is 0 Å². The lowest BCUT2D eigenvalue weighted by atomic mass is 10.2. The molecule has 0 spiro atoms. The number of nitrogen functional groups attached to an aromatic ring is 1. The highest BCUT2D eigenvalue weighted by molar-refractivity contribution is 7.98. The molecule has 90 valence electrons. The molecule has 0 bridgehead atoms. The van der Waals surface area contributed by atoms with E-state index in [-0.39, 0.29) is 0 Å². The lowest BCUT2D eigenvalue weighted by Crippen LogP contribution is -2.04. The van der Waals surface area contributed by atoms with Gasteiger partial charge in [0.25, 0.3) is 0 Å². The number of nitrogens with two attached hydrogens (primary N) is 1. The molecule has 1 heterocycles. The fraction of sp³-hybridized carbons (Fsp3) is 0.308. The van der Waals surface area contributed by atoms with Crippen molar-refractivity contribution >= 4 is 17.4 Å². The van der Waals surface area contributed by atoms with Crippen LogP contribution in [0, 0.1) is 13.8 Å². The summed E-state index contributed by atoms with van der Waals surface area (Å²) < 4.78 is 1.96. The predicted molar refractivity (Wildman–Crippen MR) is 73.4 cm³/mol. The number of thioether (sulfide) groups is 1. The summed E-state index contributed by atoms with van der Waals surface area (Å²) in [6.45, 7) is 4.72. The highest BCUT2D eigenvalue weighted by Gasteiger charge is 2.08. The number of nitrogens with zero attached hydrogens (tertiary/aromatic N) is 2. The van der Waals surface area contributed by atoms with Gasteiger partial charge in [-0.1, -0.05) is 12.1 Å². The van der Waals surface area contributed by atoms with E-state index in [2.05, 4.69) is 35.6 Å².